The van der Waals surface area contributed by atoms with E-state index in [0.717, 1.165) is 5.39 Å². The van der Waals surface area contributed by atoms with Gasteiger partial charge < -0.3 is 10.1 Å². The van der Waals surface area contributed by atoms with E-state index in [-0.39, 0.29) is 25.0 Å². The van der Waals surface area contributed by atoms with Crippen LogP contribution in [-0.2, 0) is 9.59 Å². The Morgan fingerprint density at radius 3 is 2.96 bits per heavy atom. The Balaban J connectivity index is 1.59. The van der Waals surface area contributed by atoms with Gasteiger partial charge in [0.1, 0.15) is 12.3 Å². The molecule has 0 fully saturated rings. The number of ether oxygens (including phenoxy) is 1. The lowest BCUT2D eigenvalue weighted by atomic mass is 10.2. The normalized spacial score (nSPS) is 13.3. The Kier molecular flexibility index (Phi) is 4.18. The molecule has 0 radical (unpaired) electrons. The van der Waals surface area contributed by atoms with Crippen LogP contribution in [0.4, 0.5) is 11.4 Å². The summed E-state index contributed by atoms with van der Waals surface area (Å²) < 4.78 is 5.39. The molecule has 0 saturated carbocycles. The fraction of sp³-hybridized carbons (Fsp3) is 0.105. The number of anilines is 2. The number of pyridine rings is 1. The number of halogens is 1. The van der Waals surface area contributed by atoms with Gasteiger partial charge in [-0.15, -0.1) is 0 Å². The lowest BCUT2D eigenvalue weighted by Crippen LogP contribution is -2.43. The fourth-order valence-electron chi connectivity index (χ4n) is 2.89. The van der Waals surface area contributed by atoms with Crippen LogP contribution < -0.4 is 15.0 Å². The van der Waals surface area contributed by atoms with Crippen LogP contribution in [-0.4, -0.2) is 29.9 Å². The van der Waals surface area contributed by atoms with Gasteiger partial charge in [0.05, 0.1) is 16.9 Å². The highest BCUT2D eigenvalue weighted by atomic mass is 35.5. The van der Waals surface area contributed by atoms with E-state index in [1.807, 2.05) is 24.3 Å². The second-order valence-corrected chi connectivity index (χ2v) is 6.25. The Morgan fingerprint density at radius 1 is 1.23 bits per heavy atom. The molecule has 0 spiro atoms. The Bertz CT molecular complexity index is 1020. The van der Waals surface area contributed by atoms with Crippen molar-refractivity contribution < 1.29 is 14.3 Å². The number of amides is 2. The molecule has 130 valence electrons. The molecule has 26 heavy (non-hydrogen) atoms. The van der Waals surface area contributed by atoms with Crippen molar-refractivity contribution in [1.29, 1.82) is 0 Å². The van der Waals surface area contributed by atoms with Crippen LogP contribution in [0.15, 0.2) is 54.7 Å². The molecule has 0 aliphatic carbocycles. The zero-order valence-corrected chi connectivity index (χ0v) is 14.4. The number of hydrogen-bond donors (Lipinski definition) is 1. The van der Waals surface area contributed by atoms with Crippen molar-refractivity contribution in [3.63, 3.8) is 0 Å². The molecule has 0 saturated heterocycles. The Labute approximate surface area is 154 Å². The molecule has 0 bridgehead atoms. The fourth-order valence-corrected chi connectivity index (χ4v) is 3.05. The molecule has 1 N–H and O–H groups in total. The standard InChI is InChI=1S/C19H14ClN3O3/c20-13-6-7-16-15(9-13)23(18(25)11-26-16)10-17(24)22-14-5-1-3-12-4-2-8-21-19(12)14/h1-9H,10-11H2,(H,22,24). The molecule has 1 aliphatic rings. The van der Waals surface area contributed by atoms with Crippen molar-refractivity contribution in [3.8, 4) is 5.75 Å². The molecule has 6 nitrogen and oxygen atoms in total. The topological polar surface area (TPSA) is 71.5 Å². The number of nitrogens with one attached hydrogen (secondary N) is 1. The summed E-state index contributed by atoms with van der Waals surface area (Å²) in [5, 5.41) is 4.21. The van der Waals surface area contributed by atoms with E-state index in [4.69, 9.17) is 16.3 Å². The summed E-state index contributed by atoms with van der Waals surface area (Å²) in [4.78, 5) is 30.5. The number of fused-ring (bicyclic) bond motifs is 2. The van der Waals surface area contributed by atoms with Crippen molar-refractivity contribution >= 4 is 45.7 Å². The summed E-state index contributed by atoms with van der Waals surface area (Å²) in [6, 6.07) is 14.3. The van der Waals surface area contributed by atoms with E-state index in [0.29, 0.717) is 27.7 Å². The van der Waals surface area contributed by atoms with Gasteiger partial charge >= 0.3 is 0 Å². The highest BCUT2D eigenvalue weighted by Gasteiger charge is 2.27. The zero-order valence-electron chi connectivity index (χ0n) is 13.6. The lowest BCUT2D eigenvalue weighted by Gasteiger charge is -2.29. The first kappa shape index (κ1) is 16.4. The maximum Gasteiger partial charge on any atom is 0.265 e. The van der Waals surface area contributed by atoms with Crippen molar-refractivity contribution in [3.05, 3.63) is 59.8 Å². The maximum atomic E-state index is 12.6. The monoisotopic (exact) mass is 367 g/mol. The lowest BCUT2D eigenvalue weighted by molar-refractivity contribution is -0.123. The highest BCUT2D eigenvalue weighted by molar-refractivity contribution is 6.31. The minimum atomic E-state index is -0.329. The van der Waals surface area contributed by atoms with Crippen LogP contribution >= 0.6 is 11.6 Å². The van der Waals surface area contributed by atoms with Gasteiger partial charge in [0.2, 0.25) is 5.91 Å². The van der Waals surface area contributed by atoms with Crippen LogP contribution in [0.5, 0.6) is 5.75 Å². The third-order valence-corrected chi connectivity index (χ3v) is 4.31. The number of nitrogens with zero attached hydrogens (tertiary/aromatic N) is 2. The average Bonchev–Trinajstić information content (AvgIpc) is 2.64. The number of para-hydroxylation sites is 1. The molecule has 4 rings (SSSR count). The highest BCUT2D eigenvalue weighted by Crippen LogP contribution is 2.34. The minimum absolute atomic E-state index is 0.113. The first-order valence-corrected chi connectivity index (χ1v) is 8.36. The molecular formula is C19H14ClN3O3. The SMILES string of the molecule is O=C(CN1C(=O)COc2ccc(Cl)cc21)Nc1cccc2cccnc12. The summed E-state index contributed by atoms with van der Waals surface area (Å²) >= 11 is 6.02. The van der Waals surface area contributed by atoms with Crippen molar-refractivity contribution in [1.82, 2.24) is 4.98 Å². The Morgan fingerprint density at radius 2 is 2.08 bits per heavy atom. The van der Waals surface area contributed by atoms with Crippen molar-refractivity contribution in [2.24, 2.45) is 0 Å². The van der Waals surface area contributed by atoms with Gasteiger partial charge in [0.15, 0.2) is 6.61 Å². The van der Waals surface area contributed by atoms with Crippen molar-refractivity contribution in [2.45, 2.75) is 0 Å². The number of carbonyl (C=O) groups excluding carboxylic acids is 2. The minimum Gasteiger partial charge on any atom is -0.482 e. The van der Waals surface area contributed by atoms with Crippen LogP contribution in [0.2, 0.25) is 5.02 Å². The smallest absolute Gasteiger partial charge is 0.265 e. The summed E-state index contributed by atoms with van der Waals surface area (Å²) in [6.07, 6.45) is 1.67. The van der Waals surface area contributed by atoms with E-state index in [1.54, 1.807) is 30.5 Å². The molecule has 7 heteroatoms. The van der Waals surface area contributed by atoms with E-state index >= 15 is 0 Å². The van der Waals surface area contributed by atoms with Gasteiger partial charge in [-0.3, -0.25) is 19.5 Å². The second-order valence-electron chi connectivity index (χ2n) is 5.81. The zero-order chi connectivity index (χ0) is 18.1. The number of hydrogen-bond acceptors (Lipinski definition) is 4. The molecule has 2 amide bonds. The third kappa shape index (κ3) is 3.07. The predicted molar refractivity (Wildman–Crippen MR) is 99.7 cm³/mol. The molecule has 3 aromatic rings. The number of rotatable bonds is 3. The molecule has 2 aromatic carbocycles. The molecule has 0 atom stereocenters. The van der Waals surface area contributed by atoms with Gasteiger partial charge in [0, 0.05) is 16.6 Å². The summed E-state index contributed by atoms with van der Waals surface area (Å²) in [7, 11) is 0. The van der Waals surface area contributed by atoms with Crippen molar-refractivity contribution in [2.75, 3.05) is 23.4 Å². The number of aromatic nitrogens is 1. The number of carbonyl (C=O) groups is 2. The first-order valence-electron chi connectivity index (χ1n) is 7.98. The van der Waals surface area contributed by atoms with Crippen LogP contribution in [0.1, 0.15) is 0 Å². The summed E-state index contributed by atoms with van der Waals surface area (Å²) in [6.45, 7) is -0.253. The number of benzene rings is 2. The van der Waals surface area contributed by atoms with Crippen LogP contribution in [0.3, 0.4) is 0 Å². The van der Waals surface area contributed by atoms with Gasteiger partial charge in [-0.2, -0.15) is 0 Å². The predicted octanol–water partition coefficient (Wildman–Crippen LogP) is 3.25. The maximum absolute atomic E-state index is 12.6. The molecule has 2 heterocycles. The van der Waals surface area contributed by atoms with Gasteiger partial charge in [-0.25, -0.2) is 0 Å². The third-order valence-electron chi connectivity index (χ3n) is 4.07. The first-order chi connectivity index (χ1) is 12.6. The van der Waals surface area contributed by atoms with E-state index in [9.17, 15) is 9.59 Å². The largest absolute Gasteiger partial charge is 0.482 e. The Hall–Kier alpha value is -3.12. The van der Waals surface area contributed by atoms with E-state index < -0.39 is 0 Å². The molecule has 1 aromatic heterocycles. The average molecular weight is 368 g/mol. The second kappa shape index (κ2) is 6.65. The van der Waals surface area contributed by atoms with Gasteiger partial charge in [0.25, 0.3) is 5.91 Å². The quantitative estimate of drug-likeness (QED) is 0.771. The van der Waals surface area contributed by atoms with Gasteiger partial charge in [-0.1, -0.05) is 29.8 Å². The van der Waals surface area contributed by atoms with E-state index in [1.165, 1.54) is 4.90 Å². The molecular weight excluding hydrogens is 354 g/mol. The molecule has 0 unspecified atom stereocenters. The molecule has 1 aliphatic heterocycles. The van der Waals surface area contributed by atoms with E-state index in [2.05, 4.69) is 10.3 Å². The van der Waals surface area contributed by atoms with Gasteiger partial charge in [-0.05, 0) is 30.3 Å². The van der Waals surface area contributed by atoms with Crippen LogP contribution in [0, 0.1) is 0 Å². The summed E-state index contributed by atoms with van der Waals surface area (Å²) in [5.74, 6) is -0.107. The summed E-state index contributed by atoms with van der Waals surface area (Å²) in [5.41, 5.74) is 1.78. The van der Waals surface area contributed by atoms with Crippen LogP contribution in [0.25, 0.3) is 10.9 Å².